The average Bonchev–Trinajstić information content (AvgIpc) is 3.35. The van der Waals surface area contributed by atoms with Crippen LogP contribution in [0, 0.1) is 0 Å². The summed E-state index contributed by atoms with van der Waals surface area (Å²) in [6.45, 7) is 5.83. The molecule has 3 fully saturated rings. The van der Waals surface area contributed by atoms with Gasteiger partial charge in [-0.15, -0.1) is 11.8 Å². The number of carbonyl (C=O) groups is 4. The van der Waals surface area contributed by atoms with Crippen LogP contribution in [0.5, 0.6) is 0 Å². The van der Waals surface area contributed by atoms with E-state index < -0.39 is 67.4 Å². The Morgan fingerprint density at radius 1 is 1.00 bits per heavy atom. The molecule has 0 aliphatic carbocycles. The maximum absolute atomic E-state index is 13.9. The van der Waals surface area contributed by atoms with Gasteiger partial charge < -0.3 is 30.1 Å². The summed E-state index contributed by atoms with van der Waals surface area (Å²) < 4.78 is 26.7. The summed E-state index contributed by atoms with van der Waals surface area (Å²) in [5.41, 5.74) is 2.49. The molecular formula is C34H38N6O8S2. The highest BCUT2D eigenvalue weighted by Gasteiger charge is 2.64. The molecule has 7 rings (SSSR count). The monoisotopic (exact) mass is 722 g/mol. The second-order valence-electron chi connectivity index (χ2n) is 13.7. The number of carboxylic acids is 1. The predicted octanol–water partition coefficient (Wildman–Crippen LogP) is 1.13. The highest BCUT2D eigenvalue weighted by molar-refractivity contribution is 8.01. The van der Waals surface area contributed by atoms with Crippen molar-refractivity contribution in [2.45, 2.75) is 61.5 Å². The van der Waals surface area contributed by atoms with Crippen LogP contribution in [0.15, 0.2) is 53.5 Å². The molecule has 1 aromatic heterocycles. The zero-order valence-corrected chi connectivity index (χ0v) is 29.4. The first kappa shape index (κ1) is 34.1. The number of fused-ring (bicyclic) bond motifs is 1. The van der Waals surface area contributed by atoms with E-state index in [0.29, 0.717) is 43.7 Å². The number of rotatable bonds is 8. The van der Waals surface area contributed by atoms with Gasteiger partial charge in [0, 0.05) is 54.7 Å². The number of anilines is 1. The molecule has 0 radical (unpaired) electrons. The SMILES string of the molecule is CC1(C)SC2C(NC(=O)C(NC(=O)c3cn4c5c(c(N6CCN(S(C)(=O)=O)CC6)ccc5c3=O)CCC4)c3ccccc3)C(=O)N2C1C(=O)O. The van der Waals surface area contributed by atoms with Crippen molar-refractivity contribution in [3.8, 4) is 0 Å². The topological polar surface area (TPSA) is 178 Å². The van der Waals surface area contributed by atoms with Gasteiger partial charge in [0.1, 0.15) is 29.1 Å². The molecule has 4 aliphatic heterocycles. The van der Waals surface area contributed by atoms with Crippen molar-refractivity contribution < 1.29 is 32.7 Å². The number of carboxylic acid groups (broad SMARTS) is 1. The first-order valence-corrected chi connectivity index (χ1v) is 19.2. The minimum absolute atomic E-state index is 0.128. The molecule has 0 saturated carbocycles. The Morgan fingerprint density at radius 2 is 1.70 bits per heavy atom. The Morgan fingerprint density at radius 3 is 2.36 bits per heavy atom. The number of piperazine rings is 1. The maximum Gasteiger partial charge on any atom is 0.327 e. The average molecular weight is 723 g/mol. The third-order valence-corrected chi connectivity index (χ3v) is 13.0. The fourth-order valence-corrected chi connectivity index (χ4v) is 10.1. The molecule has 16 heteroatoms. The number of β-lactam (4-membered cyclic amide) rings is 1. The number of nitrogens with zero attached hydrogens (tertiary/aromatic N) is 4. The molecule has 0 bridgehead atoms. The summed E-state index contributed by atoms with van der Waals surface area (Å²) in [6.07, 6.45) is 4.23. The molecule has 2 aromatic carbocycles. The number of hydrogen-bond donors (Lipinski definition) is 3. The fraction of sp³-hybridized carbons (Fsp3) is 0.441. The van der Waals surface area contributed by atoms with E-state index in [1.807, 2.05) is 10.6 Å². The van der Waals surface area contributed by atoms with Crippen LogP contribution in [0.25, 0.3) is 10.9 Å². The zero-order valence-electron chi connectivity index (χ0n) is 27.8. The lowest BCUT2D eigenvalue weighted by Crippen LogP contribution is -2.71. The van der Waals surface area contributed by atoms with Crippen LogP contribution in [0.3, 0.4) is 0 Å². The quantitative estimate of drug-likeness (QED) is 0.286. The van der Waals surface area contributed by atoms with Crippen molar-refractivity contribution in [3.05, 3.63) is 75.6 Å². The van der Waals surface area contributed by atoms with E-state index in [1.165, 1.54) is 33.4 Å². The number of benzene rings is 2. The molecule has 3 saturated heterocycles. The summed E-state index contributed by atoms with van der Waals surface area (Å²) in [4.78, 5) is 70.1. The van der Waals surface area contributed by atoms with Crippen molar-refractivity contribution in [1.82, 2.24) is 24.4 Å². The normalized spacial score (nSPS) is 23.6. The highest BCUT2D eigenvalue weighted by atomic mass is 32.2. The summed E-state index contributed by atoms with van der Waals surface area (Å²) >= 11 is 1.30. The van der Waals surface area contributed by atoms with Crippen LogP contribution in [0.2, 0.25) is 0 Å². The molecule has 264 valence electrons. The number of aromatic nitrogens is 1. The fourth-order valence-electron chi connectivity index (χ4n) is 7.67. The van der Waals surface area contributed by atoms with Crippen molar-refractivity contribution in [2.75, 3.05) is 37.3 Å². The zero-order chi connectivity index (χ0) is 35.7. The molecule has 4 atom stereocenters. The predicted molar refractivity (Wildman–Crippen MR) is 187 cm³/mol. The molecular weight excluding hydrogens is 685 g/mol. The van der Waals surface area contributed by atoms with Gasteiger partial charge in [-0.2, -0.15) is 4.31 Å². The van der Waals surface area contributed by atoms with E-state index >= 15 is 0 Å². The van der Waals surface area contributed by atoms with E-state index in [4.69, 9.17) is 0 Å². The molecule has 4 unspecified atom stereocenters. The van der Waals surface area contributed by atoms with Gasteiger partial charge in [-0.3, -0.25) is 19.2 Å². The van der Waals surface area contributed by atoms with Gasteiger partial charge in [0.25, 0.3) is 5.91 Å². The van der Waals surface area contributed by atoms with Crippen LogP contribution in [-0.4, -0.2) is 106 Å². The standard InChI is InChI=1S/C34H38N6O8S2/c1-34(2)28(33(45)46)40-31(44)25(32(40)49-34)36-30(43)24(19-8-5-4-6-9-19)35-29(42)22-18-38-13-7-10-20-23(12-11-21(26(20)38)27(22)41)37-14-16-39(17-15-37)50(3,47)48/h4-6,8-9,11-12,18,24-25,28,32H,7,10,13-17H2,1-3H3,(H,35,42)(H,36,43)(H,45,46). The number of sulfonamides is 1. The molecule has 3 amide bonds. The molecule has 3 N–H and O–H groups in total. The number of aliphatic carboxylic acids is 1. The van der Waals surface area contributed by atoms with E-state index in [0.717, 1.165) is 29.6 Å². The van der Waals surface area contributed by atoms with Gasteiger partial charge >= 0.3 is 5.97 Å². The number of carbonyl (C=O) groups excluding carboxylic acids is 3. The largest absolute Gasteiger partial charge is 0.480 e. The van der Waals surface area contributed by atoms with Crippen LogP contribution in [-0.2, 0) is 37.4 Å². The Hall–Kier alpha value is -4.41. The molecule has 14 nitrogen and oxygen atoms in total. The first-order valence-electron chi connectivity index (χ1n) is 16.5. The molecule has 50 heavy (non-hydrogen) atoms. The van der Waals surface area contributed by atoms with Gasteiger partial charge in [0.05, 0.1) is 11.8 Å². The Kier molecular flexibility index (Phi) is 8.46. The Balaban J connectivity index is 1.15. The minimum Gasteiger partial charge on any atom is -0.480 e. The van der Waals surface area contributed by atoms with Crippen molar-refractivity contribution in [3.63, 3.8) is 0 Å². The number of aryl methyl sites for hydroxylation is 2. The second kappa shape index (κ2) is 12.4. The third-order valence-electron chi connectivity index (χ3n) is 10.1. The van der Waals surface area contributed by atoms with E-state index in [9.17, 15) is 37.5 Å². The summed E-state index contributed by atoms with van der Waals surface area (Å²) in [5, 5.41) is 15.0. The van der Waals surface area contributed by atoms with Crippen LogP contribution in [0.4, 0.5) is 5.69 Å². The van der Waals surface area contributed by atoms with Gasteiger partial charge in [-0.25, -0.2) is 13.2 Å². The lowest BCUT2D eigenvalue weighted by molar-refractivity contribution is -0.161. The first-order chi connectivity index (χ1) is 23.7. The lowest BCUT2D eigenvalue weighted by Gasteiger charge is -2.44. The lowest BCUT2D eigenvalue weighted by atomic mass is 9.95. The molecule has 3 aromatic rings. The smallest absolute Gasteiger partial charge is 0.327 e. The number of hydrogen-bond acceptors (Lipinski definition) is 9. The summed E-state index contributed by atoms with van der Waals surface area (Å²) in [5.74, 6) is -3.04. The van der Waals surface area contributed by atoms with Crippen molar-refractivity contribution in [1.29, 1.82) is 0 Å². The van der Waals surface area contributed by atoms with Crippen LogP contribution in [0.1, 0.15) is 47.8 Å². The van der Waals surface area contributed by atoms with E-state index in [-0.39, 0.29) is 5.56 Å². The number of amides is 3. The Labute approximate surface area is 292 Å². The highest BCUT2D eigenvalue weighted by Crippen LogP contribution is 2.50. The minimum atomic E-state index is -3.29. The van der Waals surface area contributed by atoms with Gasteiger partial charge in [-0.1, -0.05) is 30.3 Å². The van der Waals surface area contributed by atoms with Gasteiger partial charge in [0.15, 0.2) is 0 Å². The third kappa shape index (κ3) is 5.72. The molecule has 0 spiro atoms. The summed E-state index contributed by atoms with van der Waals surface area (Å²) in [7, 11) is -3.29. The van der Waals surface area contributed by atoms with E-state index in [1.54, 1.807) is 50.2 Å². The number of nitrogens with one attached hydrogen (secondary N) is 2. The molecule has 4 aliphatic rings. The summed E-state index contributed by atoms with van der Waals surface area (Å²) in [6, 6.07) is 8.81. The number of thioether (sulfide) groups is 1. The van der Waals surface area contributed by atoms with Gasteiger partial charge in [-0.05, 0) is 49.9 Å². The number of pyridine rings is 1. The molecule has 5 heterocycles. The second-order valence-corrected chi connectivity index (χ2v) is 17.4. The van der Waals surface area contributed by atoms with Crippen molar-refractivity contribution >= 4 is 62.1 Å². The van der Waals surface area contributed by atoms with Crippen LogP contribution < -0.4 is 21.0 Å². The van der Waals surface area contributed by atoms with Crippen LogP contribution >= 0.6 is 11.8 Å². The van der Waals surface area contributed by atoms with Crippen molar-refractivity contribution in [2.24, 2.45) is 0 Å². The maximum atomic E-state index is 13.9. The van der Waals surface area contributed by atoms with Gasteiger partial charge in [0.2, 0.25) is 27.3 Å². The Bertz CT molecular complexity index is 2100. The van der Waals surface area contributed by atoms with E-state index in [2.05, 4.69) is 15.5 Å².